The Labute approximate surface area is 214 Å². The number of non-ortho nitro benzene ring substituents is 1. The minimum atomic E-state index is -0.990. The van der Waals surface area contributed by atoms with Crippen molar-refractivity contribution in [1.82, 2.24) is 14.7 Å². The van der Waals surface area contributed by atoms with Gasteiger partial charge in [0, 0.05) is 54.4 Å². The molecule has 1 aromatic heterocycles. The third-order valence-electron chi connectivity index (χ3n) is 7.45. The molecule has 8 nitrogen and oxygen atoms in total. The molecule has 0 radical (unpaired) electrons. The first-order valence-corrected chi connectivity index (χ1v) is 13.1. The molecule has 0 N–H and O–H groups in total. The molecule has 2 aliphatic rings. The van der Waals surface area contributed by atoms with Crippen LogP contribution in [0.2, 0.25) is 0 Å². The first-order valence-electron chi connectivity index (χ1n) is 12.3. The molecular formula is C27H30N4O4S. The van der Waals surface area contributed by atoms with Gasteiger partial charge in [0.2, 0.25) is 11.8 Å². The molecule has 2 aliphatic heterocycles. The zero-order valence-corrected chi connectivity index (χ0v) is 21.6. The number of amides is 2. The van der Waals surface area contributed by atoms with E-state index in [0.29, 0.717) is 13.1 Å². The lowest BCUT2D eigenvalue weighted by atomic mass is 9.91. The molecule has 2 aromatic carbocycles. The van der Waals surface area contributed by atoms with Crippen molar-refractivity contribution in [3.8, 4) is 0 Å². The second kappa shape index (κ2) is 9.29. The molecule has 0 bridgehead atoms. The Morgan fingerprint density at radius 1 is 1.06 bits per heavy atom. The Morgan fingerprint density at radius 2 is 1.78 bits per heavy atom. The van der Waals surface area contributed by atoms with Crippen LogP contribution in [-0.4, -0.2) is 62.7 Å². The Morgan fingerprint density at radius 3 is 2.47 bits per heavy atom. The number of thiophene rings is 1. The summed E-state index contributed by atoms with van der Waals surface area (Å²) in [5.41, 5.74) is 1.09. The van der Waals surface area contributed by atoms with Crippen LogP contribution in [0.15, 0.2) is 48.5 Å². The van der Waals surface area contributed by atoms with Crippen LogP contribution in [0.5, 0.6) is 0 Å². The van der Waals surface area contributed by atoms with E-state index in [1.807, 2.05) is 11.3 Å². The molecule has 5 rings (SSSR count). The minimum absolute atomic E-state index is 0.000516. The van der Waals surface area contributed by atoms with Gasteiger partial charge in [0.05, 0.1) is 4.92 Å². The number of nitro groups is 1. The fourth-order valence-corrected chi connectivity index (χ4v) is 6.53. The van der Waals surface area contributed by atoms with Crippen molar-refractivity contribution in [2.24, 2.45) is 0 Å². The molecule has 0 spiro atoms. The van der Waals surface area contributed by atoms with Crippen molar-refractivity contribution < 1.29 is 14.5 Å². The van der Waals surface area contributed by atoms with Gasteiger partial charge in [-0.3, -0.25) is 24.6 Å². The SMILES string of the molecule is CCc1sc2ccccc2c1CN1CCN2C(=O)C(C)(C)N(Cc3ccc([N+](=O)[O-])cc3)C(=O)C2C1. The van der Waals surface area contributed by atoms with Crippen LogP contribution in [0.25, 0.3) is 10.1 Å². The van der Waals surface area contributed by atoms with Crippen molar-refractivity contribution in [3.63, 3.8) is 0 Å². The van der Waals surface area contributed by atoms with Gasteiger partial charge in [-0.25, -0.2) is 0 Å². The fourth-order valence-electron chi connectivity index (χ4n) is 5.37. The third kappa shape index (κ3) is 4.16. The number of hydrogen-bond donors (Lipinski definition) is 0. The zero-order chi connectivity index (χ0) is 25.6. The zero-order valence-electron chi connectivity index (χ0n) is 20.8. The van der Waals surface area contributed by atoms with Gasteiger partial charge in [0.15, 0.2) is 0 Å². The topological polar surface area (TPSA) is 87.0 Å². The summed E-state index contributed by atoms with van der Waals surface area (Å²) < 4.78 is 1.28. The highest BCUT2D eigenvalue weighted by atomic mass is 32.1. The number of aryl methyl sites for hydroxylation is 1. The van der Waals surface area contributed by atoms with Crippen LogP contribution >= 0.6 is 11.3 Å². The maximum atomic E-state index is 13.8. The second-order valence-electron chi connectivity index (χ2n) is 10.0. The van der Waals surface area contributed by atoms with E-state index in [1.54, 1.807) is 35.8 Å². The summed E-state index contributed by atoms with van der Waals surface area (Å²) in [6, 6.07) is 14.1. The molecule has 36 heavy (non-hydrogen) atoms. The highest BCUT2D eigenvalue weighted by molar-refractivity contribution is 7.19. The molecule has 1 atom stereocenters. The lowest BCUT2D eigenvalue weighted by molar-refractivity contribution is -0.384. The number of carbonyl (C=O) groups is 2. The van der Waals surface area contributed by atoms with Gasteiger partial charge in [-0.15, -0.1) is 11.3 Å². The van der Waals surface area contributed by atoms with Crippen molar-refractivity contribution in [2.45, 2.75) is 51.9 Å². The van der Waals surface area contributed by atoms with Crippen LogP contribution in [0, 0.1) is 10.1 Å². The van der Waals surface area contributed by atoms with Gasteiger partial charge in [-0.2, -0.15) is 0 Å². The summed E-state index contributed by atoms with van der Waals surface area (Å²) in [4.78, 5) is 44.9. The minimum Gasteiger partial charge on any atom is -0.326 e. The summed E-state index contributed by atoms with van der Waals surface area (Å²) in [5, 5.41) is 12.3. The van der Waals surface area contributed by atoms with E-state index in [4.69, 9.17) is 0 Å². The number of fused-ring (bicyclic) bond motifs is 2. The van der Waals surface area contributed by atoms with E-state index in [1.165, 1.54) is 32.7 Å². The molecule has 0 aliphatic carbocycles. The first-order chi connectivity index (χ1) is 17.2. The smallest absolute Gasteiger partial charge is 0.269 e. The number of rotatable bonds is 6. The van der Waals surface area contributed by atoms with Crippen molar-refractivity contribution in [1.29, 1.82) is 0 Å². The molecule has 188 valence electrons. The summed E-state index contributed by atoms with van der Waals surface area (Å²) in [5.74, 6) is -0.127. The Balaban J connectivity index is 1.38. The standard InChI is InChI=1S/C27H30N4O4S/c1-4-23-21(20-7-5-6-8-24(20)36-23)16-28-13-14-29-22(17-28)25(32)30(27(2,3)26(29)33)15-18-9-11-19(12-10-18)31(34)35/h5-12,22H,4,13-17H2,1-3H3. The second-order valence-corrected chi connectivity index (χ2v) is 11.1. The Hall–Kier alpha value is -3.30. The highest BCUT2D eigenvalue weighted by Gasteiger charge is 2.52. The number of piperazine rings is 2. The van der Waals surface area contributed by atoms with Crippen molar-refractivity contribution in [2.75, 3.05) is 19.6 Å². The quantitative estimate of drug-likeness (QED) is 0.369. The molecular weight excluding hydrogens is 476 g/mol. The molecule has 3 heterocycles. The molecule has 3 aromatic rings. The van der Waals surface area contributed by atoms with E-state index in [-0.39, 0.29) is 24.0 Å². The first kappa shape index (κ1) is 24.4. The number of carbonyl (C=O) groups excluding carboxylic acids is 2. The molecule has 2 saturated heterocycles. The maximum Gasteiger partial charge on any atom is 0.269 e. The van der Waals surface area contributed by atoms with Gasteiger partial charge < -0.3 is 9.80 Å². The van der Waals surface area contributed by atoms with Crippen LogP contribution in [0.4, 0.5) is 5.69 Å². The Kier molecular flexibility index (Phi) is 6.30. The van der Waals surface area contributed by atoms with Crippen LogP contribution in [0.1, 0.15) is 36.8 Å². The molecule has 1 unspecified atom stereocenters. The number of nitrogens with zero attached hydrogens (tertiary/aromatic N) is 4. The summed E-state index contributed by atoms with van der Waals surface area (Å²) >= 11 is 1.83. The predicted octanol–water partition coefficient (Wildman–Crippen LogP) is 4.21. The summed E-state index contributed by atoms with van der Waals surface area (Å²) in [6.07, 6.45) is 0.965. The third-order valence-corrected chi connectivity index (χ3v) is 8.80. The van der Waals surface area contributed by atoms with Gasteiger partial charge in [-0.05, 0) is 42.8 Å². The normalized spacial score (nSPS) is 20.1. The number of benzene rings is 2. The van der Waals surface area contributed by atoms with Crippen molar-refractivity contribution in [3.05, 3.63) is 74.6 Å². The monoisotopic (exact) mass is 506 g/mol. The summed E-state index contributed by atoms with van der Waals surface area (Å²) in [7, 11) is 0. The molecule has 2 amide bonds. The summed E-state index contributed by atoms with van der Waals surface area (Å²) in [6.45, 7) is 8.46. The van der Waals surface area contributed by atoms with Gasteiger partial charge in [0.25, 0.3) is 5.69 Å². The average molecular weight is 507 g/mol. The molecule has 9 heteroatoms. The van der Waals surface area contributed by atoms with Crippen LogP contribution < -0.4 is 0 Å². The largest absolute Gasteiger partial charge is 0.326 e. The van der Waals surface area contributed by atoms with Crippen LogP contribution in [0.3, 0.4) is 0 Å². The van der Waals surface area contributed by atoms with E-state index < -0.39 is 16.5 Å². The van der Waals surface area contributed by atoms with Gasteiger partial charge in [0.1, 0.15) is 11.6 Å². The van der Waals surface area contributed by atoms with E-state index in [9.17, 15) is 19.7 Å². The molecule has 0 saturated carbocycles. The Bertz CT molecular complexity index is 1330. The lowest BCUT2D eigenvalue weighted by Crippen LogP contribution is -2.73. The lowest BCUT2D eigenvalue weighted by Gasteiger charge is -2.52. The fraction of sp³-hybridized carbons (Fsp3) is 0.407. The average Bonchev–Trinajstić information content (AvgIpc) is 3.23. The predicted molar refractivity (Wildman–Crippen MR) is 140 cm³/mol. The van der Waals surface area contributed by atoms with Crippen molar-refractivity contribution >= 4 is 38.9 Å². The number of hydrogen-bond acceptors (Lipinski definition) is 6. The van der Waals surface area contributed by atoms with Gasteiger partial charge >= 0.3 is 0 Å². The van der Waals surface area contributed by atoms with E-state index in [0.717, 1.165) is 25.1 Å². The van der Waals surface area contributed by atoms with E-state index >= 15 is 0 Å². The highest BCUT2D eigenvalue weighted by Crippen LogP contribution is 2.35. The molecule has 2 fully saturated rings. The van der Waals surface area contributed by atoms with E-state index in [2.05, 4.69) is 36.1 Å². The van der Waals surface area contributed by atoms with Gasteiger partial charge in [-0.1, -0.05) is 37.3 Å². The van der Waals surface area contributed by atoms with Crippen LogP contribution in [-0.2, 0) is 29.1 Å². The maximum absolute atomic E-state index is 13.8. The number of nitro benzene ring substituents is 1.